The summed E-state index contributed by atoms with van der Waals surface area (Å²) in [7, 11) is 0. The summed E-state index contributed by atoms with van der Waals surface area (Å²) >= 11 is 0. The van der Waals surface area contributed by atoms with Crippen LogP contribution in [0.1, 0.15) is 19.6 Å². The standard InChI is InChI=1S/C16H20N6O2/c1-11(2)16(23)17-5-6-22-15-13(9-21-22)14(19-10-20-15)18-8-12-4-3-7-24-12/h3-4,7,9-11H,5-6,8H2,1-2H3,(H,17,23)(H,18,19,20). The average Bonchev–Trinajstić information content (AvgIpc) is 3.22. The van der Waals surface area contributed by atoms with Crippen LogP contribution < -0.4 is 10.6 Å². The number of rotatable bonds is 7. The Morgan fingerprint density at radius 1 is 1.38 bits per heavy atom. The number of nitrogens with zero attached hydrogens (tertiary/aromatic N) is 4. The highest BCUT2D eigenvalue weighted by Crippen LogP contribution is 2.19. The summed E-state index contributed by atoms with van der Waals surface area (Å²) in [4.78, 5) is 20.2. The summed E-state index contributed by atoms with van der Waals surface area (Å²) < 4.78 is 7.06. The van der Waals surface area contributed by atoms with Gasteiger partial charge in [0.2, 0.25) is 5.91 Å². The zero-order valence-corrected chi connectivity index (χ0v) is 13.7. The average molecular weight is 328 g/mol. The summed E-state index contributed by atoms with van der Waals surface area (Å²) in [5.74, 6) is 1.53. The molecule has 0 fully saturated rings. The molecule has 126 valence electrons. The van der Waals surface area contributed by atoms with Gasteiger partial charge in [-0.05, 0) is 12.1 Å². The molecule has 3 heterocycles. The summed E-state index contributed by atoms with van der Waals surface area (Å²) in [5.41, 5.74) is 0.728. The van der Waals surface area contributed by atoms with E-state index < -0.39 is 0 Å². The van der Waals surface area contributed by atoms with E-state index in [1.807, 2.05) is 26.0 Å². The lowest BCUT2D eigenvalue weighted by atomic mass is 10.2. The minimum absolute atomic E-state index is 0.0286. The van der Waals surface area contributed by atoms with E-state index in [1.165, 1.54) is 6.33 Å². The normalized spacial score (nSPS) is 11.1. The summed E-state index contributed by atoms with van der Waals surface area (Å²) in [5, 5.41) is 11.3. The van der Waals surface area contributed by atoms with E-state index in [0.29, 0.717) is 25.5 Å². The number of fused-ring (bicyclic) bond motifs is 1. The van der Waals surface area contributed by atoms with E-state index in [2.05, 4.69) is 25.7 Å². The second-order valence-corrected chi connectivity index (χ2v) is 5.71. The van der Waals surface area contributed by atoms with Crippen LogP contribution in [0, 0.1) is 5.92 Å². The highest BCUT2D eigenvalue weighted by molar-refractivity contribution is 5.86. The zero-order chi connectivity index (χ0) is 16.9. The molecule has 8 heteroatoms. The Hall–Kier alpha value is -2.90. The molecule has 0 spiro atoms. The van der Waals surface area contributed by atoms with Crippen molar-refractivity contribution in [2.45, 2.75) is 26.9 Å². The predicted octanol–water partition coefficient (Wildman–Crippen LogP) is 1.80. The third-order valence-electron chi connectivity index (χ3n) is 3.59. The molecular formula is C16H20N6O2. The van der Waals surface area contributed by atoms with E-state index in [-0.39, 0.29) is 11.8 Å². The van der Waals surface area contributed by atoms with Gasteiger partial charge in [-0.15, -0.1) is 0 Å². The fraction of sp³-hybridized carbons (Fsp3) is 0.375. The van der Waals surface area contributed by atoms with Crippen molar-refractivity contribution in [2.24, 2.45) is 5.92 Å². The van der Waals surface area contributed by atoms with E-state index in [9.17, 15) is 4.79 Å². The monoisotopic (exact) mass is 328 g/mol. The molecule has 0 aliphatic rings. The molecule has 3 rings (SSSR count). The van der Waals surface area contributed by atoms with Crippen molar-refractivity contribution in [2.75, 3.05) is 11.9 Å². The molecule has 0 atom stereocenters. The highest BCUT2D eigenvalue weighted by Gasteiger charge is 2.11. The Morgan fingerprint density at radius 3 is 3.00 bits per heavy atom. The van der Waals surface area contributed by atoms with Gasteiger partial charge in [-0.1, -0.05) is 13.8 Å². The molecule has 0 unspecified atom stereocenters. The van der Waals surface area contributed by atoms with Crippen LogP contribution in [0.15, 0.2) is 35.3 Å². The van der Waals surface area contributed by atoms with Crippen molar-refractivity contribution < 1.29 is 9.21 Å². The van der Waals surface area contributed by atoms with E-state index in [0.717, 1.165) is 16.8 Å². The van der Waals surface area contributed by atoms with Gasteiger partial charge in [-0.2, -0.15) is 5.10 Å². The van der Waals surface area contributed by atoms with Gasteiger partial charge in [0, 0.05) is 12.5 Å². The number of carbonyl (C=O) groups is 1. The molecule has 2 N–H and O–H groups in total. The molecule has 3 aromatic rings. The van der Waals surface area contributed by atoms with Crippen LogP contribution in [0.4, 0.5) is 5.82 Å². The molecule has 0 aromatic carbocycles. The minimum atomic E-state index is -0.0286. The fourth-order valence-corrected chi connectivity index (χ4v) is 2.27. The number of hydrogen-bond acceptors (Lipinski definition) is 6. The molecule has 0 saturated heterocycles. The van der Waals surface area contributed by atoms with E-state index in [4.69, 9.17) is 4.42 Å². The van der Waals surface area contributed by atoms with Crippen molar-refractivity contribution >= 4 is 22.8 Å². The van der Waals surface area contributed by atoms with Gasteiger partial charge >= 0.3 is 0 Å². The molecule has 0 saturated carbocycles. The van der Waals surface area contributed by atoms with Crippen molar-refractivity contribution in [3.63, 3.8) is 0 Å². The van der Waals surface area contributed by atoms with Crippen LogP contribution in [0.3, 0.4) is 0 Å². The lowest BCUT2D eigenvalue weighted by molar-refractivity contribution is -0.124. The molecule has 0 bridgehead atoms. The molecule has 0 aliphatic heterocycles. The number of hydrogen-bond donors (Lipinski definition) is 2. The number of carbonyl (C=O) groups excluding carboxylic acids is 1. The van der Waals surface area contributed by atoms with Crippen LogP contribution in [0.25, 0.3) is 11.0 Å². The number of aromatic nitrogens is 4. The maximum absolute atomic E-state index is 11.6. The summed E-state index contributed by atoms with van der Waals surface area (Å²) in [6.07, 6.45) is 4.86. The second-order valence-electron chi connectivity index (χ2n) is 5.71. The van der Waals surface area contributed by atoms with Gasteiger partial charge in [0.05, 0.1) is 30.9 Å². The van der Waals surface area contributed by atoms with Crippen molar-refractivity contribution in [1.82, 2.24) is 25.1 Å². The highest BCUT2D eigenvalue weighted by atomic mass is 16.3. The summed E-state index contributed by atoms with van der Waals surface area (Å²) in [6, 6.07) is 3.74. The van der Waals surface area contributed by atoms with Crippen molar-refractivity contribution in [3.05, 3.63) is 36.7 Å². The SMILES string of the molecule is CC(C)C(=O)NCCn1ncc2c(NCc3ccco3)ncnc21. The lowest BCUT2D eigenvalue weighted by Crippen LogP contribution is -2.30. The lowest BCUT2D eigenvalue weighted by Gasteiger charge is -2.08. The largest absolute Gasteiger partial charge is 0.467 e. The first kappa shape index (κ1) is 16.0. The molecular weight excluding hydrogens is 308 g/mol. The first-order valence-corrected chi connectivity index (χ1v) is 7.85. The predicted molar refractivity (Wildman–Crippen MR) is 89.2 cm³/mol. The van der Waals surface area contributed by atoms with Gasteiger partial charge in [0.25, 0.3) is 0 Å². The Labute approximate surface area is 139 Å². The maximum atomic E-state index is 11.6. The molecule has 1 amide bonds. The number of nitrogens with one attached hydrogen (secondary N) is 2. The fourth-order valence-electron chi connectivity index (χ4n) is 2.27. The third-order valence-corrected chi connectivity index (χ3v) is 3.59. The first-order chi connectivity index (χ1) is 11.6. The quantitative estimate of drug-likeness (QED) is 0.686. The van der Waals surface area contributed by atoms with Crippen molar-refractivity contribution in [1.29, 1.82) is 0 Å². The smallest absolute Gasteiger partial charge is 0.222 e. The Kier molecular flexibility index (Phi) is 4.74. The van der Waals surface area contributed by atoms with Gasteiger partial charge in [0.15, 0.2) is 5.65 Å². The van der Waals surface area contributed by atoms with E-state index >= 15 is 0 Å². The number of amides is 1. The number of furan rings is 1. The third kappa shape index (κ3) is 3.53. The second kappa shape index (κ2) is 7.12. The first-order valence-electron chi connectivity index (χ1n) is 7.85. The molecule has 0 aliphatic carbocycles. The maximum Gasteiger partial charge on any atom is 0.222 e. The topological polar surface area (TPSA) is 97.9 Å². The van der Waals surface area contributed by atoms with Crippen LogP contribution in [0.2, 0.25) is 0 Å². The summed E-state index contributed by atoms with van der Waals surface area (Å²) in [6.45, 7) is 5.32. The molecule has 24 heavy (non-hydrogen) atoms. The van der Waals surface area contributed by atoms with Gasteiger partial charge < -0.3 is 15.1 Å². The van der Waals surface area contributed by atoms with Gasteiger partial charge in [-0.25, -0.2) is 14.6 Å². The minimum Gasteiger partial charge on any atom is -0.467 e. The van der Waals surface area contributed by atoms with Gasteiger partial charge in [-0.3, -0.25) is 4.79 Å². The molecule has 3 aromatic heterocycles. The van der Waals surface area contributed by atoms with Crippen LogP contribution in [-0.2, 0) is 17.9 Å². The molecule has 0 radical (unpaired) electrons. The van der Waals surface area contributed by atoms with Gasteiger partial charge in [0.1, 0.15) is 17.9 Å². The Balaban J connectivity index is 1.68. The van der Waals surface area contributed by atoms with Crippen molar-refractivity contribution in [3.8, 4) is 0 Å². The molecule has 8 nitrogen and oxygen atoms in total. The van der Waals surface area contributed by atoms with Crippen LogP contribution in [-0.4, -0.2) is 32.2 Å². The Bertz CT molecular complexity index is 809. The van der Waals surface area contributed by atoms with Crippen LogP contribution in [0.5, 0.6) is 0 Å². The van der Waals surface area contributed by atoms with E-state index in [1.54, 1.807) is 17.1 Å². The zero-order valence-electron chi connectivity index (χ0n) is 13.7. The number of anilines is 1. The Morgan fingerprint density at radius 2 is 2.25 bits per heavy atom. The van der Waals surface area contributed by atoms with Crippen LogP contribution >= 0.6 is 0 Å².